The number of carbonyl (C=O) groups excluding carboxylic acids is 1. The maximum absolute atomic E-state index is 12.5. The summed E-state index contributed by atoms with van der Waals surface area (Å²) in [6, 6.07) is 13.3. The normalized spacial score (nSPS) is 11.5. The summed E-state index contributed by atoms with van der Waals surface area (Å²) in [5, 5.41) is 0.451. The number of carbonyl (C=O) groups is 1. The molecule has 0 aliphatic carbocycles. The zero-order valence-corrected chi connectivity index (χ0v) is 15.3. The summed E-state index contributed by atoms with van der Waals surface area (Å²) >= 11 is 5.78. The summed E-state index contributed by atoms with van der Waals surface area (Å²) in [6.07, 6.45) is 0. The van der Waals surface area contributed by atoms with Gasteiger partial charge in [-0.3, -0.25) is 4.79 Å². The lowest BCUT2D eigenvalue weighted by atomic mass is 10.2. The number of likely N-dealkylation sites (N-methyl/N-ethyl adjacent to an activating group) is 2. The van der Waals surface area contributed by atoms with Crippen LogP contribution in [0, 0.1) is 6.92 Å². The maximum Gasteiger partial charge on any atom is 0.243 e. The number of hydrogen-bond donors (Lipinski definition) is 0. The van der Waals surface area contributed by atoms with Crippen molar-refractivity contribution in [1.29, 1.82) is 0 Å². The first-order valence-electron chi connectivity index (χ1n) is 7.27. The topological polar surface area (TPSA) is 57.7 Å². The molecule has 0 N–H and O–H groups in total. The molecule has 1 amide bonds. The fourth-order valence-corrected chi connectivity index (χ4v) is 3.39. The van der Waals surface area contributed by atoms with Crippen molar-refractivity contribution in [2.75, 3.05) is 25.5 Å². The summed E-state index contributed by atoms with van der Waals surface area (Å²) in [6.45, 7) is 1.67. The third-order valence-corrected chi connectivity index (χ3v) is 5.71. The van der Waals surface area contributed by atoms with Crippen LogP contribution in [-0.2, 0) is 14.8 Å². The zero-order chi connectivity index (χ0) is 17.9. The second-order valence-corrected chi connectivity index (χ2v) is 7.99. The van der Waals surface area contributed by atoms with Crippen LogP contribution in [0.3, 0.4) is 0 Å². The number of anilines is 1. The smallest absolute Gasteiger partial charge is 0.243 e. The molecule has 2 rings (SSSR count). The van der Waals surface area contributed by atoms with Gasteiger partial charge in [-0.05, 0) is 48.9 Å². The minimum atomic E-state index is -3.75. The molecule has 0 aliphatic rings. The lowest BCUT2D eigenvalue weighted by Gasteiger charge is -2.22. The van der Waals surface area contributed by atoms with E-state index in [1.165, 1.54) is 36.2 Å². The second-order valence-electron chi connectivity index (χ2n) is 5.51. The van der Waals surface area contributed by atoms with Gasteiger partial charge in [-0.15, -0.1) is 0 Å². The largest absolute Gasteiger partial charge is 0.314 e. The molecule has 0 heterocycles. The first-order chi connectivity index (χ1) is 11.2. The number of nitrogens with zero attached hydrogens (tertiary/aromatic N) is 2. The number of aryl methyl sites for hydroxylation is 1. The Labute approximate surface area is 147 Å². The van der Waals surface area contributed by atoms with E-state index in [9.17, 15) is 13.2 Å². The first kappa shape index (κ1) is 18.4. The zero-order valence-electron chi connectivity index (χ0n) is 13.7. The summed E-state index contributed by atoms with van der Waals surface area (Å²) in [5.74, 6) is -0.319. The Bertz CT molecular complexity index is 835. The quantitative estimate of drug-likeness (QED) is 0.817. The average Bonchev–Trinajstić information content (AvgIpc) is 2.54. The molecule has 0 radical (unpaired) electrons. The van der Waals surface area contributed by atoms with Crippen molar-refractivity contribution in [3.8, 4) is 0 Å². The molecule has 2 aromatic carbocycles. The van der Waals surface area contributed by atoms with Crippen molar-refractivity contribution in [3.63, 3.8) is 0 Å². The number of benzene rings is 2. The number of amides is 1. The molecular weight excluding hydrogens is 348 g/mol. The highest BCUT2D eigenvalue weighted by atomic mass is 35.5. The highest BCUT2D eigenvalue weighted by molar-refractivity contribution is 7.89. The van der Waals surface area contributed by atoms with Crippen LogP contribution in [0.1, 0.15) is 5.56 Å². The first-order valence-corrected chi connectivity index (χ1v) is 9.09. The molecule has 0 aliphatic heterocycles. The highest BCUT2D eigenvalue weighted by Crippen LogP contribution is 2.19. The minimum absolute atomic E-state index is 0.0976. The molecule has 0 atom stereocenters. The minimum Gasteiger partial charge on any atom is -0.314 e. The summed E-state index contributed by atoms with van der Waals surface area (Å²) in [7, 11) is -0.742. The van der Waals surface area contributed by atoms with E-state index in [2.05, 4.69) is 0 Å². The van der Waals surface area contributed by atoms with Crippen molar-refractivity contribution >= 4 is 33.2 Å². The summed E-state index contributed by atoms with van der Waals surface area (Å²) in [4.78, 5) is 13.9. The molecule has 0 unspecified atom stereocenters. The average molecular weight is 367 g/mol. The molecule has 0 fully saturated rings. The molecule has 24 heavy (non-hydrogen) atoms. The van der Waals surface area contributed by atoms with Crippen molar-refractivity contribution in [2.45, 2.75) is 11.8 Å². The van der Waals surface area contributed by atoms with Crippen LogP contribution < -0.4 is 4.90 Å². The van der Waals surface area contributed by atoms with Gasteiger partial charge < -0.3 is 4.90 Å². The molecule has 0 saturated carbocycles. The number of hydrogen-bond acceptors (Lipinski definition) is 3. The van der Waals surface area contributed by atoms with E-state index in [-0.39, 0.29) is 17.3 Å². The number of rotatable bonds is 5. The van der Waals surface area contributed by atoms with E-state index in [4.69, 9.17) is 11.6 Å². The molecular formula is C17H19ClN2O3S. The Hall–Kier alpha value is -1.89. The van der Waals surface area contributed by atoms with Crippen molar-refractivity contribution < 1.29 is 13.2 Å². The van der Waals surface area contributed by atoms with Crippen molar-refractivity contribution in [1.82, 2.24) is 4.31 Å². The van der Waals surface area contributed by atoms with E-state index in [1.807, 2.05) is 25.1 Å². The van der Waals surface area contributed by atoms with Gasteiger partial charge in [0.15, 0.2) is 0 Å². The van der Waals surface area contributed by atoms with Crippen LogP contribution in [0.5, 0.6) is 0 Å². The van der Waals surface area contributed by atoms with Crippen LogP contribution in [0.2, 0.25) is 5.02 Å². The third kappa shape index (κ3) is 4.14. The van der Waals surface area contributed by atoms with E-state index < -0.39 is 10.0 Å². The standard InChI is InChI=1S/C17H19ClN2O3S/c1-13-5-4-6-15(11-13)20(3)17(21)12-19(2)24(22,23)16-9-7-14(18)8-10-16/h4-11H,12H2,1-3H3. The fourth-order valence-electron chi connectivity index (χ4n) is 2.15. The molecule has 5 nitrogen and oxygen atoms in total. The lowest BCUT2D eigenvalue weighted by molar-refractivity contribution is -0.118. The third-order valence-electron chi connectivity index (χ3n) is 3.64. The van der Waals surface area contributed by atoms with Gasteiger partial charge in [0, 0.05) is 24.8 Å². The van der Waals surface area contributed by atoms with E-state index >= 15 is 0 Å². The Morgan fingerprint density at radius 2 is 1.71 bits per heavy atom. The monoisotopic (exact) mass is 366 g/mol. The SMILES string of the molecule is Cc1cccc(N(C)C(=O)CN(C)S(=O)(=O)c2ccc(Cl)cc2)c1. The van der Waals surface area contributed by atoms with Crippen molar-refractivity contribution in [2.24, 2.45) is 0 Å². The summed E-state index contributed by atoms with van der Waals surface area (Å²) < 4.78 is 26.0. The van der Waals surface area contributed by atoms with Crippen LogP contribution in [0.4, 0.5) is 5.69 Å². The van der Waals surface area contributed by atoms with Gasteiger partial charge in [-0.1, -0.05) is 23.7 Å². The molecule has 0 saturated heterocycles. The van der Waals surface area contributed by atoms with E-state index in [0.717, 1.165) is 15.6 Å². The molecule has 0 aromatic heterocycles. The van der Waals surface area contributed by atoms with Crippen LogP contribution >= 0.6 is 11.6 Å². The number of halogens is 1. The fraction of sp³-hybridized carbons (Fsp3) is 0.235. The second kappa shape index (κ2) is 7.34. The van der Waals surface area contributed by atoms with Crippen LogP contribution in [-0.4, -0.2) is 39.3 Å². The lowest BCUT2D eigenvalue weighted by Crippen LogP contribution is -2.39. The van der Waals surface area contributed by atoms with Gasteiger partial charge in [0.25, 0.3) is 0 Å². The number of sulfonamides is 1. The molecule has 7 heteroatoms. The molecule has 128 valence electrons. The Morgan fingerprint density at radius 3 is 2.29 bits per heavy atom. The highest BCUT2D eigenvalue weighted by Gasteiger charge is 2.24. The Kier molecular flexibility index (Phi) is 5.64. The van der Waals surface area contributed by atoms with Gasteiger partial charge in [0.05, 0.1) is 11.4 Å². The summed E-state index contributed by atoms with van der Waals surface area (Å²) in [5.41, 5.74) is 1.74. The molecule has 0 bridgehead atoms. The van der Waals surface area contributed by atoms with E-state index in [1.54, 1.807) is 13.1 Å². The van der Waals surface area contributed by atoms with Gasteiger partial charge in [0.1, 0.15) is 0 Å². The Morgan fingerprint density at radius 1 is 1.08 bits per heavy atom. The van der Waals surface area contributed by atoms with Crippen LogP contribution in [0.15, 0.2) is 53.4 Å². The van der Waals surface area contributed by atoms with Gasteiger partial charge in [0.2, 0.25) is 15.9 Å². The predicted octanol–water partition coefficient (Wildman–Crippen LogP) is 2.93. The van der Waals surface area contributed by atoms with Gasteiger partial charge in [-0.2, -0.15) is 4.31 Å². The maximum atomic E-state index is 12.5. The van der Waals surface area contributed by atoms with Crippen molar-refractivity contribution in [3.05, 3.63) is 59.1 Å². The molecule has 2 aromatic rings. The predicted molar refractivity (Wildman–Crippen MR) is 95.9 cm³/mol. The van der Waals surface area contributed by atoms with Gasteiger partial charge in [-0.25, -0.2) is 8.42 Å². The molecule has 0 spiro atoms. The van der Waals surface area contributed by atoms with Gasteiger partial charge >= 0.3 is 0 Å². The Balaban J connectivity index is 2.14. The van der Waals surface area contributed by atoms with Crippen LogP contribution in [0.25, 0.3) is 0 Å². The van der Waals surface area contributed by atoms with E-state index in [0.29, 0.717) is 5.02 Å².